The van der Waals surface area contributed by atoms with Crippen LogP contribution < -0.4 is 12.4 Å². The number of benzene rings is 1. The van der Waals surface area contributed by atoms with E-state index in [1.54, 1.807) is 0 Å². The molecule has 0 fully saturated rings. The van der Waals surface area contributed by atoms with Gasteiger partial charge in [0.15, 0.2) is 0 Å². The lowest BCUT2D eigenvalue weighted by atomic mass is 10.1. The van der Waals surface area contributed by atoms with Crippen LogP contribution in [0.2, 0.25) is 0 Å². The van der Waals surface area contributed by atoms with Gasteiger partial charge in [-0.3, -0.25) is 0 Å². The molecule has 1 nitrogen and oxygen atoms in total. The highest BCUT2D eigenvalue weighted by atomic mass is 35.5. The number of nitrogens with zero attached hydrogens (tertiary/aromatic N) is 1. The Morgan fingerprint density at radius 2 is 1.03 bits per heavy atom. The van der Waals surface area contributed by atoms with E-state index in [2.05, 4.69) is 56.8 Å². The largest absolute Gasteiger partial charge is 1.00 e. The zero-order valence-electron chi connectivity index (χ0n) is 21.6. The first kappa shape index (κ1) is 31.2. The summed E-state index contributed by atoms with van der Waals surface area (Å²) in [5.41, 5.74) is 1.49. The maximum Gasteiger partial charge on any atom is 0.105 e. The number of halogens is 1. The van der Waals surface area contributed by atoms with Gasteiger partial charge in [0.25, 0.3) is 0 Å². The van der Waals surface area contributed by atoms with Crippen LogP contribution in [0.15, 0.2) is 43.0 Å². The Labute approximate surface area is 208 Å². The van der Waals surface area contributed by atoms with E-state index in [9.17, 15) is 0 Å². The Morgan fingerprint density at radius 1 is 0.625 bits per heavy atom. The van der Waals surface area contributed by atoms with Crippen LogP contribution in [0.5, 0.6) is 0 Å². The minimum atomic E-state index is 0. The Balaban J connectivity index is 0.00000961. The standard InChI is InChI=1S/C30H54N.ClH/c1-4-7-9-11-13-15-17-22-27-31(26-6-3,29-30-24-20-19-21-25-30)28-23-18-16-14-12-10-8-5-2;/h6,19-21,24-25H,3-5,7-18,22-23,26-29H2,1-2H3;1H/q+1;/p-1. The Bertz CT molecular complexity index is 493. The van der Waals surface area contributed by atoms with Crippen LogP contribution in [0.4, 0.5) is 0 Å². The van der Waals surface area contributed by atoms with Gasteiger partial charge in [-0.05, 0) is 31.8 Å². The highest BCUT2D eigenvalue weighted by molar-refractivity contribution is 5.13. The van der Waals surface area contributed by atoms with Gasteiger partial charge in [-0.25, -0.2) is 0 Å². The summed E-state index contributed by atoms with van der Waals surface area (Å²) in [5, 5.41) is 0. The van der Waals surface area contributed by atoms with Gasteiger partial charge in [-0.1, -0.05) is 128 Å². The number of unbranched alkanes of at least 4 members (excludes halogenated alkanes) is 14. The average molecular weight is 464 g/mol. The van der Waals surface area contributed by atoms with Gasteiger partial charge in [0.1, 0.15) is 6.54 Å². The van der Waals surface area contributed by atoms with Gasteiger partial charge >= 0.3 is 0 Å². The van der Waals surface area contributed by atoms with Crippen LogP contribution in [-0.4, -0.2) is 24.1 Å². The first-order chi connectivity index (χ1) is 15.3. The van der Waals surface area contributed by atoms with Crippen molar-refractivity contribution in [3.05, 3.63) is 48.6 Å². The number of hydrogen-bond donors (Lipinski definition) is 0. The number of hydrogen-bond acceptors (Lipinski definition) is 0. The first-order valence-electron chi connectivity index (χ1n) is 13.8. The maximum absolute atomic E-state index is 4.14. The van der Waals surface area contributed by atoms with Crippen molar-refractivity contribution < 1.29 is 16.9 Å². The lowest BCUT2D eigenvalue weighted by molar-refractivity contribution is -0.936. The second-order valence-electron chi connectivity index (χ2n) is 9.85. The Morgan fingerprint density at radius 3 is 1.44 bits per heavy atom. The first-order valence-corrected chi connectivity index (χ1v) is 13.8. The van der Waals surface area contributed by atoms with E-state index in [0.29, 0.717) is 0 Å². The molecule has 186 valence electrons. The van der Waals surface area contributed by atoms with Crippen LogP contribution >= 0.6 is 0 Å². The summed E-state index contributed by atoms with van der Waals surface area (Å²) in [4.78, 5) is 0. The summed E-state index contributed by atoms with van der Waals surface area (Å²) in [7, 11) is 0. The lowest BCUT2D eigenvalue weighted by Gasteiger charge is -2.38. The van der Waals surface area contributed by atoms with Gasteiger partial charge in [0, 0.05) is 5.56 Å². The fourth-order valence-corrected chi connectivity index (χ4v) is 4.92. The Kier molecular flexibility index (Phi) is 21.5. The van der Waals surface area contributed by atoms with E-state index in [4.69, 9.17) is 0 Å². The van der Waals surface area contributed by atoms with Gasteiger partial charge in [-0.15, -0.1) is 0 Å². The topological polar surface area (TPSA) is 0 Å². The Hall–Kier alpha value is -0.790. The van der Waals surface area contributed by atoms with Gasteiger partial charge < -0.3 is 16.9 Å². The number of rotatable bonds is 22. The number of quaternary nitrogens is 1. The van der Waals surface area contributed by atoms with Crippen LogP contribution in [-0.2, 0) is 6.54 Å². The summed E-state index contributed by atoms with van der Waals surface area (Å²) in [6.07, 6.45) is 24.6. The molecule has 0 saturated carbocycles. The molecule has 0 saturated heterocycles. The van der Waals surface area contributed by atoms with Crippen molar-refractivity contribution in [2.75, 3.05) is 19.6 Å². The molecule has 0 aliphatic heterocycles. The molecule has 0 atom stereocenters. The van der Waals surface area contributed by atoms with Crippen LogP contribution in [0, 0.1) is 0 Å². The molecule has 2 heteroatoms. The predicted octanol–water partition coefficient (Wildman–Crippen LogP) is 6.47. The summed E-state index contributed by atoms with van der Waals surface area (Å²) in [6.45, 7) is 13.7. The molecule has 0 N–H and O–H groups in total. The highest BCUT2D eigenvalue weighted by Gasteiger charge is 2.25. The van der Waals surface area contributed by atoms with Crippen molar-refractivity contribution in [3.8, 4) is 0 Å². The molecule has 1 aromatic rings. The molecule has 1 aromatic carbocycles. The molecule has 0 amide bonds. The normalized spacial score (nSPS) is 11.3. The highest BCUT2D eigenvalue weighted by Crippen LogP contribution is 2.20. The molecular weight excluding hydrogens is 410 g/mol. The van der Waals surface area contributed by atoms with E-state index >= 15 is 0 Å². The molecule has 0 heterocycles. The third-order valence-electron chi connectivity index (χ3n) is 6.85. The van der Waals surface area contributed by atoms with Gasteiger partial charge in [0.05, 0.1) is 19.6 Å². The van der Waals surface area contributed by atoms with Crippen molar-refractivity contribution in [2.45, 2.75) is 123 Å². The molecule has 1 rings (SSSR count). The molecule has 0 unspecified atom stereocenters. The van der Waals surface area contributed by atoms with Crippen LogP contribution in [0.1, 0.15) is 122 Å². The molecule has 0 aliphatic carbocycles. The van der Waals surface area contributed by atoms with Crippen molar-refractivity contribution in [3.63, 3.8) is 0 Å². The van der Waals surface area contributed by atoms with E-state index in [1.807, 2.05) is 0 Å². The zero-order chi connectivity index (χ0) is 22.5. The summed E-state index contributed by atoms with van der Waals surface area (Å²) < 4.78 is 1.21. The fourth-order valence-electron chi connectivity index (χ4n) is 4.92. The quantitative estimate of drug-likeness (QED) is 0.105. The third-order valence-corrected chi connectivity index (χ3v) is 6.85. The SMILES string of the molecule is C=CC[N+](CCCCCCCCCC)(CCCCCCCCCC)Cc1ccccc1.[Cl-]. The summed E-state index contributed by atoms with van der Waals surface area (Å²) in [6, 6.07) is 11.2. The lowest BCUT2D eigenvalue weighted by Crippen LogP contribution is -3.00. The fraction of sp³-hybridized carbons (Fsp3) is 0.733. The second kappa shape index (κ2) is 22.0. The predicted molar refractivity (Wildman–Crippen MR) is 140 cm³/mol. The van der Waals surface area contributed by atoms with Crippen molar-refractivity contribution in [1.82, 2.24) is 0 Å². The molecular formula is C30H54ClN. The van der Waals surface area contributed by atoms with E-state index in [0.717, 1.165) is 6.54 Å². The maximum atomic E-state index is 4.14. The van der Waals surface area contributed by atoms with Crippen molar-refractivity contribution >= 4 is 0 Å². The van der Waals surface area contributed by atoms with E-state index in [1.165, 1.54) is 132 Å². The third kappa shape index (κ3) is 15.9. The smallest absolute Gasteiger partial charge is 0.105 e. The molecule has 0 radical (unpaired) electrons. The monoisotopic (exact) mass is 463 g/mol. The van der Waals surface area contributed by atoms with Gasteiger partial charge in [-0.2, -0.15) is 0 Å². The minimum absolute atomic E-state index is 0. The minimum Gasteiger partial charge on any atom is -1.00 e. The summed E-state index contributed by atoms with van der Waals surface area (Å²) >= 11 is 0. The second-order valence-corrected chi connectivity index (χ2v) is 9.85. The van der Waals surface area contributed by atoms with Crippen molar-refractivity contribution in [2.24, 2.45) is 0 Å². The van der Waals surface area contributed by atoms with Crippen LogP contribution in [0.3, 0.4) is 0 Å². The molecule has 0 spiro atoms. The molecule has 0 aromatic heterocycles. The van der Waals surface area contributed by atoms with Crippen molar-refractivity contribution in [1.29, 1.82) is 0 Å². The average Bonchev–Trinajstić information content (AvgIpc) is 2.78. The molecule has 0 bridgehead atoms. The molecule has 0 aliphatic rings. The van der Waals surface area contributed by atoms with Crippen LogP contribution in [0.25, 0.3) is 0 Å². The van der Waals surface area contributed by atoms with Gasteiger partial charge in [0.2, 0.25) is 0 Å². The zero-order valence-corrected chi connectivity index (χ0v) is 22.4. The van der Waals surface area contributed by atoms with E-state index < -0.39 is 0 Å². The van der Waals surface area contributed by atoms with E-state index in [-0.39, 0.29) is 12.4 Å². The molecule has 32 heavy (non-hydrogen) atoms. The summed E-state index contributed by atoms with van der Waals surface area (Å²) in [5.74, 6) is 0.